The van der Waals surface area contributed by atoms with E-state index in [0.717, 1.165) is 28.2 Å². The van der Waals surface area contributed by atoms with Gasteiger partial charge in [0.15, 0.2) is 3.92 Å². The number of halogens is 1. The minimum absolute atomic E-state index is 0.704. The van der Waals surface area contributed by atoms with Crippen LogP contribution in [0, 0.1) is 0 Å². The fourth-order valence-electron chi connectivity index (χ4n) is 2.81. The summed E-state index contributed by atoms with van der Waals surface area (Å²) < 4.78 is 0.880. The third-order valence-corrected chi connectivity index (χ3v) is 5.23. The van der Waals surface area contributed by atoms with Gasteiger partial charge in [-0.05, 0) is 42.2 Å². The highest BCUT2D eigenvalue weighted by Gasteiger charge is 2.35. The lowest BCUT2D eigenvalue weighted by Crippen LogP contribution is -2.36. The Hall–Kier alpha value is -0.200. The summed E-state index contributed by atoms with van der Waals surface area (Å²) in [5.74, 6) is 0. The highest BCUT2D eigenvalue weighted by Crippen LogP contribution is 2.32. The molecule has 4 nitrogen and oxygen atoms in total. The molecule has 0 saturated carbocycles. The van der Waals surface area contributed by atoms with Gasteiger partial charge in [-0.25, -0.2) is 0 Å². The first-order valence-electron chi connectivity index (χ1n) is 5.70. The molecule has 0 aromatic carbocycles. The summed E-state index contributed by atoms with van der Waals surface area (Å²) in [5.41, 5.74) is 0. The first kappa shape index (κ1) is 10.9. The van der Waals surface area contributed by atoms with Gasteiger partial charge in [0, 0.05) is 25.2 Å². The third-order valence-electron chi connectivity index (χ3n) is 3.81. The molecule has 2 bridgehead atoms. The molecule has 1 aromatic rings. The van der Waals surface area contributed by atoms with Crippen LogP contribution in [0.25, 0.3) is 0 Å². The molecule has 2 unspecified atom stereocenters. The van der Waals surface area contributed by atoms with E-state index in [1.165, 1.54) is 19.3 Å². The van der Waals surface area contributed by atoms with E-state index in [-0.39, 0.29) is 0 Å². The van der Waals surface area contributed by atoms with Gasteiger partial charge in [-0.2, -0.15) is 0 Å². The van der Waals surface area contributed by atoms with E-state index >= 15 is 0 Å². The molecule has 0 radical (unpaired) electrons. The molecular weight excluding hydrogens is 288 g/mol. The normalized spacial score (nSPS) is 30.8. The zero-order valence-corrected chi connectivity index (χ0v) is 11.7. The molecule has 0 spiro atoms. The summed E-state index contributed by atoms with van der Waals surface area (Å²) in [6.45, 7) is 2.22. The van der Waals surface area contributed by atoms with Crippen molar-refractivity contribution in [1.82, 2.24) is 15.1 Å². The van der Waals surface area contributed by atoms with Gasteiger partial charge in [0.25, 0.3) is 0 Å². The molecule has 2 saturated heterocycles. The average molecular weight is 303 g/mol. The van der Waals surface area contributed by atoms with E-state index < -0.39 is 0 Å². The van der Waals surface area contributed by atoms with Crippen molar-refractivity contribution in [2.75, 3.05) is 25.0 Å². The van der Waals surface area contributed by atoms with Crippen molar-refractivity contribution >= 4 is 32.4 Å². The summed E-state index contributed by atoms with van der Waals surface area (Å²) in [6, 6.07) is 1.49. The molecule has 2 atom stereocenters. The van der Waals surface area contributed by atoms with Gasteiger partial charge >= 0.3 is 0 Å². The summed E-state index contributed by atoms with van der Waals surface area (Å²) in [6.07, 6.45) is 3.96. The number of fused-ring (bicyclic) bond motifs is 2. The van der Waals surface area contributed by atoms with Crippen molar-refractivity contribution < 1.29 is 0 Å². The van der Waals surface area contributed by atoms with Crippen LogP contribution in [-0.2, 0) is 0 Å². The van der Waals surface area contributed by atoms with Crippen LogP contribution in [0.15, 0.2) is 3.92 Å². The predicted octanol–water partition coefficient (Wildman–Crippen LogP) is 1.97. The summed E-state index contributed by atoms with van der Waals surface area (Å²) in [7, 11) is 2.27. The number of likely N-dealkylation sites (N-methyl/N-ethyl adjacent to an activating group) is 1. The number of nitrogens with zero attached hydrogens (tertiary/aromatic N) is 4. The van der Waals surface area contributed by atoms with Gasteiger partial charge in [0.1, 0.15) is 0 Å². The Kier molecular flexibility index (Phi) is 2.89. The number of hydrogen-bond acceptors (Lipinski definition) is 5. The fourth-order valence-corrected chi connectivity index (χ4v) is 3.93. The van der Waals surface area contributed by atoms with Crippen molar-refractivity contribution in [1.29, 1.82) is 0 Å². The fraction of sp³-hybridized carbons (Fsp3) is 0.800. The topological polar surface area (TPSA) is 32.3 Å². The van der Waals surface area contributed by atoms with Crippen molar-refractivity contribution in [2.45, 2.75) is 31.3 Å². The highest BCUT2D eigenvalue weighted by molar-refractivity contribution is 9.11. The monoisotopic (exact) mass is 302 g/mol. The minimum Gasteiger partial charge on any atom is -0.345 e. The Morgan fingerprint density at radius 2 is 2.06 bits per heavy atom. The lowest BCUT2D eigenvalue weighted by atomic mass is 10.1. The highest BCUT2D eigenvalue weighted by atomic mass is 79.9. The summed E-state index contributed by atoms with van der Waals surface area (Å²) in [4.78, 5) is 4.94. The largest absolute Gasteiger partial charge is 0.345 e. The predicted molar refractivity (Wildman–Crippen MR) is 69.0 cm³/mol. The quantitative estimate of drug-likeness (QED) is 0.794. The van der Waals surface area contributed by atoms with Crippen LogP contribution in [0.5, 0.6) is 0 Å². The van der Waals surface area contributed by atoms with Gasteiger partial charge in [-0.15, -0.1) is 10.2 Å². The molecule has 2 aliphatic heterocycles. The molecule has 1 aromatic heterocycles. The van der Waals surface area contributed by atoms with Crippen LogP contribution in [0.2, 0.25) is 0 Å². The Balaban J connectivity index is 1.79. The van der Waals surface area contributed by atoms with Crippen LogP contribution in [0.3, 0.4) is 0 Å². The molecule has 16 heavy (non-hydrogen) atoms. The second-order valence-electron chi connectivity index (χ2n) is 4.62. The first-order valence-corrected chi connectivity index (χ1v) is 7.31. The second-order valence-corrected chi connectivity index (χ2v) is 6.85. The maximum Gasteiger partial charge on any atom is 0.209 e. The molecule has 3 rings (SSSR count). The lowest BCUT2D eigenvalue weighted by molar-refractivity contribution is 0.254. The zero-order valence-electron chi connectivity index (χ0n) is 9.27. The Morgan fingerprint density at radius 3 is 2.81 bits per heavy atom. The maximum absolute atomic E-state index is 4.22. The van der Waals surface area contributed by atoms with Crippen molar-refractivity contribution in [2.24, 2.45) is 0 Å². The Bertz CT molecular complexity index is 383. The van der Waals surface area contributed by atoms with E-state index in [2.05, 4.69) is 43.0 Å². The van der Waals surface area contributed by atoms with Crippen molar-refractivity contribution in [3.8, 4) is 0 Å². The number of anilines is 1. The zero-order chi connectivity index (χ0) is 11.1. The molecule has 2 aliphatic rings. The van der Waals surface area contributed by atoms with Crippen molar-refractivity contribution in [3.05, 3.63) is 3.92 Å². The lowest BCUT2D eigenvalue weighted by Gasteiger charge is -2.24. The molecule has 2 fully saturated rings. The van der Waals surface area contributed by atoms with Gasteiger partial charge in [0.2, 0.25) is 5.13 Å². The van der Waals surface area contributed by atoms with E-state index in [4.69, 9.17) is 0 Å². The molecule has 6 heteroatoms. The maximum atomic E-state index is 4.22. The Morgan fingerprint density at radius 1 is 1.25 bits per heavy atom. The van der Waals surface area contributed by atoms with E-state index in [1.54, 1.807) is 11.3 Å². The van der Waals surface area contributed by atoms with Gasteiger partial charge in [-0.1, -0.05) is 11.3 Å². The minimum atomic E-state index is 0.704. The van der Waals surface area contributed by atoms with Crippen LogP contribution in [-0.4, -0.2) is 47.3 Å². The first-order chi connectivity index (χ1) is 7.74. The summed E-state index contributed by atoms with van der Waals surface area (Å²) >= 11 is 5.01. The number of aromatic nitrogens is 2. The molecule has 88 valence electrons. The van der Waals surface area contributed by atoms with Crippen LogP contribution in [0.1, 0.15) is 19.3 Å². The standard InChI is InChI=1S/C10H15BrN4S/c1-14-7-2-3-8(14)6-15(5-4-7)10-13-12-9(11)16-10/h7-8H,2-6H2,1H3. The number of rotatable bonds is 1. The Labute approximate surface area is 108 Å². The average Bonchev–Trinajstić information content (AvgIpc) is 2.74. The van der Waals surface area contributed by atoms with Crippen LogP contribution in [0.4, 0.5) is 5.13 Å². The molecule has 3 heterocycles. The molecular formula is C10H15BrN4S. The second kappa shape index (κ2) is 4.23. The number of hydrogen-bond donors (Lipinski definition) is 0. The SMILES string of the molecule is CN1C2CCC1CN(c1nnc(Br)s1)CC2. The van der Waals surface area contributed by atoms with E-state index in [9.17, 15) is 0 Å². The van der Waals surface area contributed by atoms with E-state index in [0.29, 0.717) is 6.04 Å². The van der Waals surface area contributed by atoms with Crippen LogP contribution >= 0.6 is 27.3 Å². The molecule has 0 amide bonds. The smallest absolute Gasteiger partial charge is 0.209 e. The summed E-state index contributed by atoms with van der Waals surface area (Å²) in [5, 5.41) is 9.32. The van der Waals surface area contributed by atoms with E-state index in [1.807, 2.05) is 0 Å². The van der Waals surface area contributed by atoms with Gasteiger partial charge < -0.3 is 4.90 Å². The van der Waals surface area contributed by atoms with Gasteiger partial charge in [0.05, 0.1) is 0 Å². The molecule has 0 N–H and O–H groups in total. The molecule has 0 aliphatic carbocycles. The van der Waals surface area contributed by atoms with Crippen molar-refractivity contribution in [3.63, 3.8) is 0 Å². The third kappa shape index (κ3) is 1.87. The van der Waals surface area contributed by atoms with Crippen LogP contribution < -0.4 is 4.90 Å². The van der Waals surface area contributed by atoms with Gasteiger partial charge in [-0.3, -0.25) is 4.90 Å².